The molecule has 0 spiro atoms. The van der Waals surface area contributed by atoms with Crippen LogP contribution in [0, 0.1) is 5.92 Å². The number of aromatic nitrogens is 1. The number of para-hydroxylation sites is 1. The number of ether oxygens (including phenoxy) is 1. The molecule has 3 amide bonds. The topological polar surface area (TPSA) is 101 Å². The molecule has 1 atom stereocenters. The second-order valence-corrected chi connectivity index (χ2v) is 9.15. The Morgan fingerprint density at radius 3 is 2.65 bits per heavy atom. The maximum atomic E-state index is 12.5. The van der Waals surface area contributed by atoms with E-state index in [1.807, 2.05) is 49.6 Å². The highest BCUT2D eigenvalue weighted by Crippen LogP contribution is 2.32. The zero-order valence-corrected chi connectivity index (χ0v) is 18.0. The van der Waals surface area contributed by atoms with Crippen LogP contribution in [0.15, 0.2) is 36.2 Å². The molecule has 4 rings (SSSR count). The first-order valence-electron chi connectivity index (χ1n) is 10.5. The van der Waals surface area contributed by atoms with Gasteiger partial charge in [0.1, 0.15) is 5.60 Å². The number of nitrogens with zero attached hydrogens (tertiary/aromatic N) is 2. The van der Waals surface area contributed by atoms with E-state index in [1.54, 1.807) is 11.1 Å². The number of likely N-dealkylation sites (tertiary alicyclic amines) is 1. The zero-order valence-electron chi connectivity index (χ0n) is 18.0. The van der Waals surface area contributed by atoms with Gasteiger partial charge in [0, 0.05) is 42.3 Å². The number of amides is 3. The number of imide groups is 1. The fourth-order valence-corrected chi connectivity index (χ4v) is 4.28. The van der Waals surface area contributed by atoms with Crippen molar-refractivity contribution in [3.8, 4) is 0 Å². The Hall–Kier alpha value is -3.29. The summed E-state index contributed by atoms with van der Waals surface area (Å²) in [5, 5.41) is 13.1. The maximum Gasteiger partial charge on any atom is 0.410 e. The van der Waals surface area contributed by atoms with E-state index in [-0.39, 0.29) is 17.6 Å². The Bertz CT molecular complexity index is 1090. The average Bonchev–Trinajstić information content (AvgIpc) is 3.17. The Morgan fingerprint density at radius 1 is 1.23 bits per heavy atom. The van der Waals surface area contributed by atoms with Crippen molar-refractivity contribution in [3.63, 3.8) is 0 Å². The third-order valence-corrected chi connectivity index (χ3v) is 5.59. The number of aliphatic hydroxyl groups is 1. The zero-order chi connectivity index (χ0) is 22.3. The smallest absolute Gasteiger partial charge is 0.410 e. The van der Waals surface area contributed by atoms with E-state index in [1.165, 1.54) is 0 Å². The van der Waals surface area contributed by atoms with Crippen LogP contribution in [0.3, 0.4) is 0 Å². The molecule has 2 aliphatic rings. The standard InChI is InChI=1S/C23H27N3O5/c1-23(2,3)31-22(30)25-10-6-7-14(11-25)12-26-13-16(15-8-4-5-9-17(15)26)18-19(27)21(29)24-20(18)28/h4-5,8-9,13-14H,6-7,10-12H2,1-3H3,(H2,24,27,28,29). The lowest BCUT2D eigenvalue weighted by Gasteiger charge is -2.34. The van der Waals surface area contributed by atoms with Crippen molar-refractivity contribution >= 4 is 34.4 Å². The molecule has 1 fully saturated rings. The number of piperidine rings is 1. The fraction of sp³-hybridized carbons (Fsp3) is 0.435. The molecule has 2 aliphatic heterocycles. The van der Waals surface area contributed by atoms with E-state index in [4.69, 9.17) is 4.74 Å². The van der Waals surface area contributed by atoms with Crippen LogP contribution < -0.4 is 5.32 Å². The molecule has 2 N–H and O–H groups in total. The number of hydrogen-bond donors (Lipinski definition) is 2. The van der Waals surface area contributed by atoms with Crippen molar-refractivity contribution in [2.45, 2.75) is 45.8 Å². The molecule has 0 bridgehead atoms. The maximum absolute atomic E-state index is 12.5. The molecule has 1 aromatic heterocycles. The van der Waals surface area contributed by atoms with Gasteiger partial charge in [0.05, 0.1) is 5.57 Å². The molecule has 1 aromatic carbocycles. The molecule has 8 heteroatoms. The van der Waals surface area contributed by atoms with Crippen LogP contribution in [-0.2, 0) is 20.9 Å². The summed E-state index contributed by atoms with van der Waals surface area (Å²) in [6.45, 7) is 7.47. The number of carbonyl (C=O) groups excluding carboxylic acids is 3. The van der Waals surface area contributed by atoms with Gasteiger partial charge < -0.3 is 19.3 Å². The second kappa shape index (κ2) is 7.76. The van der Waals surface area contributed by atoms with Crippen molar-refractivity contribution in [1.29, 1.82) is 0 Å². The molecular formula is C23H27N3O5. The van der Waals surface area contributed by atoms with E-state index in [2.05, 4.69) is 5.32 Å². The van der Waals surface area contributed by atoms with Crippen LogP contribution in [0.25, 0.3) is 16.5 Å². The van der Waals surface area contributed by atoms with Gasteiger partial charge >= 0.3 is 6.09 Å². The van der Waals surface area contributed by atoms with Crippen LogP contribution in [0.5, 0.6) is 0 Å². The third kappa shape index (κ3) is 4.15. The van der Waals surface area contributed by atoms with E-state index < -0.39 is 23.2 Å². The predicted molar refractivity (Wildman–Crippen MR) is 115 cm³/mol. The molecule has 1 saturated heterocycles. The first kappa shape index (κ1) is 21.0. The summed E-state index contributed by atoms with van der Waals surface area (Å²) in [4.78, 5) is 38.2. The molecule has 0 saturated carbocycles. The van der Waals surface area contributed by atoms with E-state index in [0.29, 0.717) is 25.2 Å². The summed E-state index contributed by atoms with van der Waals surface area (Å²) in [7, 11) is 0. The van der Waals surface area contributed by atoms with Crippen molar-refractivity contribution < 1.29 is 24.2 Å². The molecule has 164 valence electrons. The van der Waals surface area contributed by atoms with Crippen LogP contribution in [0.4, 0.5) is 4.79 Å². The number of nitrogens with one attached hydrogen (secondary N) is 1. The first-order chi connectivity index (χ1) is 14.6. The number of rotatable bonds is 3. The normalized spacial score (nSPS) is 19.8. The van der Waals surface area contributed by atoms with E-state index >= 15 is 0 Å². The van der Waals surface area contributed by atoms with Crippen LogP contribution in [-0.4, -0.2) is 51.2 Å². The number of aliphatic hydroxyl groups excluding tert-OH is 1. The third-order valence-electron chi connectivity index (χ3n) is 5.59. The van der Waals surface area contributed by atoms with Gasteiger partial charge in [-0.05, 0) is 45.6 Å². The van der Waals surface area contributed by atoms with Gasteiger partial charge in [0.15, 0.2) is 5.76 Å². The van der Waals surface area contributed by atoms with Gasteiger partial charge in [0.2, 0.25) is 0 Å². The molecule has 31 heavy (non-hydrogen) atoms. The van der Waals surface area contributed by atoms with Crippen LogP contribution >= 0.6 is 0 Å². The minimum atomic E-state index is -0.780. The predicted octanol–water partition coefficient (Wildman–Crippen LogP) is 3.21. The molecular weight excluding hydrogens is 398 g/mol. The Kier molecular flexibility index (Phi) is 5.24. The highest BCUT2D eigenvalue weighted by atomic mass is 16.6. The molecule has 0 radical (unpaired) electrons. The van der Waals surface area contributed by atoms with Gasteiger partial charge in [-0.1, -0.05) is 18.2 Å². The van der Waals surface area contributed by atoms with Crippen LogP contribution in [0.1, 0.15) is 39.2 Å². The number of carbonyl (C=O) groups is 3. The molecule has 8 nitrogen and oxygen atoms in total. The van der Waals surface area contributed by atoms with Crippen molar-refractivity contribution in [2.75, 3.05) is 13.1 Å². The lowest BCUT2D eigenvalue weighted by Crippen LogP contribution is -2.43. The largest absolute Gasteiger partial charge is 0.502 e. The highest BCUT2D eigenvalue weighted by molar-refractivity contribution is 6.36. The van der Waals surface area contributed by atoms with Gasteiger partial charge in [0.25, 0.3) is 11.8 Å². The van der Waals surface area contributed by atoms with Crippen molar-refractivity contribution in [2.24, 2.45) is 5.92 Å². The molecule has 0 aliphatic carbocycles. The minimum Gasteiger partial charge on any atom is -0.502 e. The summed E-state index contributed by atoms with van der Waals surface area (Å²) < 4.78 is 7.55. The Balaban J connectivity index is 1.60. The van der Waals surface area contributed by atoms with Gasteiger partial charge in [-0.3, -0.25) is 14.9 Å². The average molecular weight is 425 g/mol. The Labute approximate surface area is 180 Å². The lowest BCUT2D eigenvalue weighted by atomic mass is 9.98. The van der Waals surface area contributed by atoms with Gasteiger partial charge in [-0.25, -0.2) is 4.79 Å². The lowest BCUT2D eigenvalue weighted by molar-refractivity contribution is -0.124. The summed E-state index contributed by atoms with van der Waals surface area (Å²) in [5.41, 5.74) is 0.888. The minimum absolute atomic E-state index is 0.000948. The second-order valence-electron chi connectivity index (χ2n) is 9.15. The highest BCUT2D eigenvalue weighted by Gasteiger charge is 2.33. The summed E-state index contributed by atoms with van der Waals surface area (Å²) in [6, 6.07) is 7.57. The number of hydrogen-bond acceptors (Lipinski definition) is 5. The van der Waals surface area contributed by atoms with E-state index in [0.717, 1.165) is 23.7 Å². The first-order valence-corrected chi connectivity index (χ1v) is 10.5. The molecule has 1 unspecified atom stereocenters. The van der Waals surface area contributed by atoms with E-state index in [9.17, 15) is 19.5 Å². The van der Waals surface area contributed by atoms with Crippen LogP contribution in [0.2, 0.25) is 0 Å². The quantitative estimate of drug-likeness (QED) is 0.736. The summed E-state index contributed by atoms with van der Waals surface area (Å²) in [5.74, 6) is -1.72. The molecule has 2 aromatic rings. The SMILES string of the molecule is CC(C)(C)OC(=O)N1CCCC(Cn2cc(C3=C(O)C(=O)NC3=O)c3ccccc32)C1. The fourth-order valence-electron chi connectivity index (χ4n) is 4.28. The Morgan fingerprint density at radius 2 is 1.97 bits per heavy atom. The number of fused-ring (bicyclic) bond motifs is 1. The number of benzene rings is 1. The van der Waals surface area contributed by atoms with Gasteiger partial charge in [-0.2, -0.15) is 0 Å². The van der Waals surface area contributed by atoms with Crippen molar-refractivity contribution in [1.82, 2.24) is 14.8 Å². The van der Waals surface area contributed by atoms with Gasteiger partial charge in [-0.15, -0.1) is 0 Å². The van der Waals surface area contributed by atoms with Crippen molar-refractivity contribution in [3.05, 3.63) is 41.8 Å². The monoisotopic (exact) mass is 425 g/mol. The summed E-state index contributed by atoms with van der Waals surface area (Å²) in [6.07, 6.45) is 3.36. The summed E-state index contributed by atoms with van der Waals surface area (Å²) >= 11 is 0. The molecule has 3 heterocycles.